The first-order valence-corrected chi connectivity index (χ1v) is 9.80. The quantitative estimate of drug-likeness (QED) is 0.759. The van der Waals surface area contributed by atoms with Gasteiger partial charge in [-0.3, -0.25) is 4.79 Å². The van der Waals surface area contributed by atoms with E-state index in [9.17, 15) is 13.2 Å². The molecule has 0 bridgehead atoms. The third kappa shape index (κ3) is 5.03. The number of hydrogen-bond donors (Lipinski definition) is 1. The van der Waals surface area contributed by atoms with Crippen LogP contribution in [0.5, 0.6) is 0 Å². The molecular weight excluding hydrogens is 328 g/mol. The van der Waals surface area contributed by atoms with E-state index in [1.54, 1.807) is 19.2 Å². The van der Waals surface area contributed by atoms with Gasteiger partial charge in [-0.25, -0.2) is 13.1 Å². The van der Waals surface area contributed by atoms with Gasteiger partial charge in [-0.05, 0) is 43.4 Å². The molecule has 1 aromatic carbocycles. The molecule has 1 fully saturated rings. The second kappa shape index (κ2) is 8.60. The molecule has 1 aromatic rings. The fraction of sp³-hybridized carbons (Fsp3) is 0.588. The molecular formula is C17H26N2O4S. The Kier molecular flexibility index (Phi) is 6.77. The average Bonchev–Trinajstić information content (AvgIpc) is 2.58. The minimum absolute atomic E-state index is 0.0991. The van der Waals surface area contributed by atoms with Crippen molar-refractivity contribution >= 4 is 15.9 Å². The predicted molar refractivity (Wildman–Crippen MR) is 92.4 cm³/mol. The molecule has 134 valence electrons. The number of methoxy groups -OCH3 is 1. The Morgan fingerprint density at radius 2 is 2.21 bits per heavy atom. The predicted octanol–water partition coefficient (Wildman–Crippen LogP) is 1.87. The van der Waals surface area contributed by atoms with Gasteiger partial charge in [0.1, 0.15) is 0 Å². The zero-order valence-electron chi connectivity index (χ0n) is 14.3. The molecule has 1 atom stereocenters. The van der Waals surface area contributed by atoms with Crippen molar-refractivity contribution < 1.29 is 17.9 Å². The molecule has 24 heavy (non-hydrogen) atoms. The fourth-order valence-corrected chi connectivity index (χ4v) is 3.98. The van der Waals surface area contributed by atoms with E-state index >= 15 is 0 Å². The van der Waals surface area contributed by atoms with E-state index in [2.05, 4.69) is 11.6 Å². The number of amides is 1. The zero-order chi connectivity index (χ0) is 17.6. The standard InChI is InChI=1S/C17H26N2O4S/c1-14-6-4-10-19(13-14)17(20)15-7-3-8-16(12-15)24(21,22)18-9-5-11-23-2/h3,7-8,12,14,18H,4-6,9-11,13H2,1-2H3. The summed E-state index contributed by atoms with van der Waals surface area (Å²) in [7, 11) is -2.04. The van der Waals surface area contributed by atoms with E-state index < -0.39 is 10.0 Å². The summed E-state index contributed by atoms with van der Waals surface area (Å²) >= 11 is 0. The number of nitrogens with one attached hydrogen (secondary N) is 1. The van der Waals surface area contributed by atoms with Crippen molar-refractivity contribution in [1.82, 2.24) is 9.62 Å². The maximum absolute atomic E-state index is 12.6. The second-order valence-corrected chi connectivity index (χ2v) is 8.04. The third-order valence-electron chi connectivity index (χ3n) is 4.15. The van der Waals surface area contributed by atoms with E-state index in [0.717, 1.165) is 25.9 Å². The Morgan fingerprint density at radius 3 is 2.92 bits per heavy atom. The van der Waals surface area contributed by atoms with Gasteiger partial charge in [-0.2, -0.15) is 0 Å². The molecule has 0 radical (unpaired) electrons. The first-order valence-electron chi connectivity index (χ1n) is 8.32. The van der Waals surface area contributed by atoms with Crippen LogP contribution in [0.15, 0.2) is 29.2 Å². The van der Waals surface area contributed by atoms with Crippen molar-refractivity contribution in [2.75, 3.05) is 33.4 Å². The van der Waals surface area contributed by atoms with Crippen LogP contribution in [0.3, 0.4) is 0 Å². The smallest absolute Gasteiger partial charge is 0.253 e. The number of ether oxygens (including phenoxy) is 1. The zero-order valence-corrected chi connectivity index (χ0v) is 15.1. The van der Waals surface area contributed by atoms with Gasteiger partial charge in [0.15, 0.2) is 0 Å². The van der Waals surface area contributed by atoms with Crippen LogP contribution in [0.4, 0.5) is 0 Å². The number of likely N-dealkylation sites (tertiary alicyclic amines) is 1. The lowest BCUT2D eigenvalue weighted by atomic mass is 9.99. The lowest BCUT2D eigenvalue weighted by Crippen LogP contribution is -2.39. The molecule has 1 N–H and O–H groups in total. The summed E-state index contributed by atoms with van der Waals surface area (Å²) in [6.07, 6.45) is 2.72. The van der Waals surface area contributed by atoms with Crippen LogP contribution in [0.1, 0.15) is 36.5 Å². The number of rotatable bonds is 7. The van der Waals surface area contributed by atoms with Gasteiger partial charge in [0.25, 0.3) is 5.91 Å². The summed E-state index contributed by atoms with van der Waals surface area (Å²) in [5, 5.41) is 0. The van der Waals surface area contributed by atoms with Crippen molar-refractivity contribution in [2.45, 2.75) is 31.1 Å². The number of piperidine rings is 1. The number of carbonyl (C=O) groups excluding carboxylic acids is 1. The highest BCUT2D eigenvalue weighted by Gasteiger charge is 2.23. The van der Waals surface area contributed by atoms with Crippen molar-refractivity contribution in [3.8, 4) is 0 Å². The van der Waals surface area contributed by atoms with Crippen LogP contribution >= 0.6 is 0 Å². The molecule has 1 saturated heterocycles. The highest BCUT2D eigenvalue weighted by molar-refractivity contribution is 7.89. The monoisotopic (exact) mass is 354 g/mol. The average molecular weight is 354 g/mol. The molecule has 0 aromatic heterocycles. The number of carbonyl (C=O) groups is 1. The molecule has 1 unspecified atom stereocenters. The summed E-state index contributed by atoms with van der Waals surface area (Å²) in [6.45, 7) is 4.39. The summed E-state index contributed by atoms with van der Waals surface area (Å²) in [5.41, 5.74) is 0.420. The van der Waals surface area contributed by atoms with Gasteiger partial charge < -0.3 is 9.64 Å². The molecule has 6 nitrogen and oxygen atoms in total. The third-order valence-corrected chi connectivity index (χ3v) is 5.61. The maximum atomic E-state index is 12.6. The van der Waals surface area contributed by atoms with E-state index in [1.807, 2.05) is 4.90 Å². The van der Waals surface area contributed by atoms with Crippen molar-refractivity contribution in [3.63, 3.8) is 0 Å². The Hall–Kier alpha value is -1.44. The highest BCUT2D eigenvalue weighted by atomic mass is 32.2. The Labute approximate surface area is 144 Å². The molecule has 0 saturated carbocycles. The lowest BCUT2D eigenvalue weighted by molar-refractivity contribution is 0.0683. The van der Waals surface area contributed by atoms with Crippen LogP contribution in [0.2, 0.25) is 0 Å². The number of nitrogens with zero attached hydrogens (tertiary/aromatic N) is 1. The van der Waals surface area contributed by atoms with Crippen molar-refractivity contribution in [1.29, 1.82) is 0 Å². The molecule has 1 aliphatic heterocycles. The molecule has 0 spiro atoms. The topological polar surface area (TPSA) is 75.7 Å². The first-order chi connectivity index (χ1) is 11.4. The van der Waals surface area contributed by atoms with E-state index in [4.69, 9.17) is 4.74 Å². The van der Waals surface area contributed by atoms with Crippen molar-refractivity contribution in [3.05, 3.63) is 29.8 Å². The Morgan fingerprint density at radius 1 is 1.42 bits per heavy atom. The fourth-order valence-electron chi connectivity index (χ4n) is 2.86. The van der Waals surface area contributed by atoms with Crippen LogP contribution < -0.4 is 4.72 Å². The summed E-state index contributed by atoms with van der Waals surface area (Å²) in [6, 6.07) is 6.25. The molecule has 1 aliphatic rings. The number of hydrogen-bond acceptors (Lipinski definition) is 4. The number of sulfonamides is 1. The number of benzene rings is 1. The summed E-state index contributed by atoms with van der Waals surface area (Å²) in [4.78, 5) is 14.6. The largest absolute Gasteiger partial charge is 0.385 e. The molecule has 0 aliphatic carbocycles. The second-order valence-electron chi connectivity index (χ2n) is 6.27. The lowest BCUT2D eigenvalue weighted by Gasteiger charge is -2.31. The van der Waals surface area contributed by atoms with Gasteiger partial charge in [0.2, 0.25) is 10.0 Å². The molecule has 1 amide bonds. The highest BCUT2D eigenvalue weighted by Crippen LogP contribution is 2.19. The SMILES string of the molecule is COCCCNS(=O)(=O)c1cccc(C(=O)N2CCCC(C)C2)c1. The van der Waals surface area contributed by atoms with E-state index in [1.165, 1.54) is 12.1 Å². The van der Waals surface area contributed by atoms with Crippen LogP contribution in [-0.2, 0) is 14.8 Å². The van der Waals surface area contributed by atoms with Crippen LogP contribution in [-0.4, -0.2) is 52.6 Å². The van der Waals surface area contributed by atoms with Crippen LogP contribution in [0, 0.1) is 5.92 Å². The molecule has 1 heterocycles. The van der Waals surface area contributed by atoms with Gasteiger partial charge in [-0.1, -0.05) is 13.0 Å². The minimum atomic E-state index is -3.61. The summed E-state index contributed by atoms with van der Waals surface area (Å²) < 4.78 is 32.1. The molecule has 7 heteroatoms. The first kappa shape index (κ1) is 18.9. The van der Waals surface area contributed by atoms with Gasteiger partial charge in [0, 0.05) is 38.9 Å². The van der Waals surface area contributed by atoms with E-state index in [0.29, 0.717) is 31.1 Å². The Balaban J connectivity index is 2.08. The summed E-state index contributed by atoms with van der Waals surface area (Å²) in [5.74, 6) is 0.384. The molecule has 2 rings (SSSR count). The van der Waals surface area contributed by atoms with Gasteiger partial charge in [0.05, 0.1) is 4.90 Å². The minimum Gasteiger partial charge on any atom is -0.385 e. The Bertz CT molecular complexity index is 660. The van der Waals surface area contributed by atoms with Crippen molar-refractivity contribution in [2.24, 2.45) is 5.92 Å². The van der Waals surface area contributed by atoms with Crippen LogP contribution in [0.25, 0.3) is 0 Å². The van der Waals surface area contributed by atoms with E-state index in [-0.39, 0.29) is 10.8 Å². The normalized spacial score (nSPS) is 18.6. The van der Waals surface area contributed by atoms with Gasteiger partial charge >= 0.3 is 0 Å². The maximum Gasteiger partial charge on any atom is 0.253 e. The van der Waals surface area contributed by atoms with Gasteiger partial charge in [-0.15, -0.1) is 0 Å².